The summed E-state index contributed by atoms with van der Waals surface area (Å²) in [4.78, 5) is 5.19. The van der Waals surface area contributed by atoms with Crippen LogP contribution >= 0.6 is 0 Å². The van der Waals surface area contributed by atoms with Gasteiger partial charge in [0.05, 0.1) is 0 Å². The van der Waals surface area contributed by atoms with Crippen molar-refractivity contribution in [2.24, 2.45) is 5.41 Å². The van der Waals surface area contributed by atoms with E-state index in [1.165, 1.54) is 25.9 Å². The van der Waals surface area contributed by atoms with Gasteiger partial charge in [-0.15, -0.1) is 0 Å². The average Bonchev–Trinajstić information content (AvgIpc) is 1.93. The highest BCUT2D eigenvalue weighted by atomic mass is 15.3. The third kappa shape index (κ3) is 2.39. The zero-order valence-electron chi connectivity index (χ0n) is 12.8. The molecule has 100 valence electrons. The van der Waals surface area contributed by atoms with Gasteiger partial charge < -0.3 is 0 Å². The van der Waals surface area contributed by atoms with E-state index >= 15 is 0 Å². The van der Waals surface area contributed by atoms with Gasteiger partial charge in [-0.2, -0.15) is 0 Å². The molecule has 1 saturated heterocycles. The Morgan fingerprint density at radius 2 is 1.47 bits per heavy atom. The van der Waals surface area contributed by atoms with Crippen molar-refractivity contribution in [1.29, 1.82) is 0 Å². The molecule has 2 aliphatic rings. The van der Waals surface area contributed by atoms with Gasteiger partial charge in [0.1, 0.15) is 0 Å². The van der Waals surface area contributed by atoms with E-state index in [0.29, 0.717) is 16.5 Å². The lowest BCUT2D eigenvalue weighted by Crippen LogP contribution is -2.70. The minimum absolute atomic E-state index is 0.319. The van der Waals surface area contributed by atoms with Crippen LogP contribution in [0.15, 0.2) is 0 Å². The van der Waals surface area contributed by atoms with Gasteiger partial charge in [-0.25, -0.2) is 0 Å². The number of hydrogen-bond acceptors (Lipinski definition) is 2. The van der Waals surface area contributed by atoms with Crippen molar-refractivity contribution >= 4 is 0 Å². The van der Waals surface area contributed by atoms with E-state index in [0.717, 1.165) is 6.04 Å². The third-order valence-electron chi connectivity index (χ3n) is 4.94. The normalized spacial score (nSPS) is 26.1. The Balaban J connectivity index is 1.82. The van der Waals surface area contributed by atoms with Crippen molar-refractivity contribution in [3.8, 4) is 0 Å². The molecule has 1 aliphatic carbocycles. The van der Waals surface area contributed by atoms with E-state index in [4.69, 9.17) is 0 Å². The van der Waals surface area contributed by atoms with Crippen LogP contribution < -0.4 is 0 Å². The number of nitrogens with zero attached hydrogens (tertiary/aromatic N) is 2. The molecule has 2 heteroatoms. The van der Waals surface area contributed by atoms with Crippen LogP contribution in [0.2, 0.25) is 0 Å². The predicted octanol–water partition coefficient (Wildman–Crippen LogP) is 2.98. The largest absolute Gasteiger partial charge is 0.299 e. The fourth-order valence-electron chi connectivity index (χ4n) is 3.26. The maximum atomic E-state index is 2.63. The topological polar surface area (TPSA) is 6.48 Å². The Hall–Kier alpha value is -0.0800. The number of likely N-dealkylation sites (tertiary alicyclic amines) is 1. The molecule has 0 amide bonds. The lowest BCUT2D eigenvalue weighted by Gasteiger charge is -2.65. The molecule has 0 atom stereocenters. The van der Waals surface area contributed by atoms with Crippen LogP contribution in [-0.4, -0.2) is 47.1 Å². The molecular formula is C15H30N2. The third-order valence-corrected chi connectivity index (χ3v) is 4.94. The Morgan fingerprint density at radius 1 is 1.00 bits per heavy atom. The van der Waals surface area contributed by atoms with Crippen molar-refractivity contribution < 1.29 is 0 Å². The van der Waals surface area contributed by atoms with E-state index in [1.807, 2.05) is 0 Å². The number of rotatable bonds is 1. The smallest absolute Gasteiger partial charge is 0.0125 e. The quantitative estimate of drug-likeness (QED) is 0.693. The highest BCUT2D eigenvalue weighted by Crippen LogP contribution is 2.52. The molecule has 1 aliphatic heterocycles. The van der Waals surface area contributed by atoms with Gasteiger partial charge in [-0.3, -0.25) is 9.80 Å². The molecule has 17 heavy (non-hydrogen) atoms. The summed E-state index contributed by atoms with van der Waals surface area (Å²) in [6.45, 7) is 16.6. The molecule has 0 aromatic carbocycles. The summed E-state index contributed by atoms with van der Waals surface area (Å²) in [5.41, 5.74) is 1.36. The van der Waals surface area contributed by atoms with Crippen molar-refractivity contribution in [3.05, 3.63) is 0 Å². The second kappa shape index (κ2) is 3.71. The SMILES string of the molecule is CN(C1CC2(C1)CN(C(C)(C)C)C2)C(C)(C)C. The molecule has 2 rings (SSSR count). The van der Waals surface area contributed by atoms with E-state index < -0.39 is 0 Å². The van der Waals surface area contributed by atoms with Crippen LogP contribution in [0.1, 0.15) is 54.4 Å². The Bertz CT molecular complexity index is 281. The van der Waals surface area contributed by atoms with Crippen molar-refractivity contribution in [3.63, 3.8) is 0 Å². The van der Waals surface area contributed by atoms with E-state index in [2.05, 4.69) is 58.4 Å². The van der Waals surface area contributed by atoms with Crippen LogP contribution in [0.3, 0.4) is 0 Å². The molecule has 2 fully saturated rings. The lowest BCUT2D eigenvalue weighted by molar-refractivity contribution is -0.146. The molecule has 0 bridgehead atoms. The summed E-state index contributed by atoms with van der Waals surface area (Å²) in [5.74, 6) is 0. The molecule has 1 spiro atoms. The van der Waals surface area contributed by atoms with Crippen LogP contribution in [-0.2, 0) is 0 Å². The Kier molecular flexibility index (Phi) is 2.91. The Morgan fingerprint density at radius 3 is 1.82 bits per heavy atom. The average molecular weight is 238 g/mol. The predicted molar refractivity (Wildman–Crippen MR) is 74.3 cm³/mol. The van der Waals surface area contributed by atoms with Gasteiger partial charge in [0, 0.05) is 30.2 Å². The summed E-state index contributed by atoms with van der Waals surface area (Å²) in [6.07, 6.45) is 2.82. The highest BCUT2D eigenvalue weighted by molar-refractivity contribution is 5.10. The molecule has 1 heterocycles. The van der Waals surface area contributed by atoms with Gasteiger partial charge in [0.15, 0.2) is 0 Å². The maximum Gasteiger partial charge on any atom is 0.0125 e. The summed E-state index contributed by atoms with van der Waals surface area (Å²) in [7, 11) is 2.29. The zero-order chi connectivity index (χ0) is 13.1. The van der Waals surface area contributed by atoms with E-state index in [1.54, 1.807) is 0 Å². The summed E-state index contributed by atoms with van der Waals surface area (Å²) >= 11 is 0. The van der Waals surface area contributed by atoms with Gasteiger partial charge in [0.2, 0.25) is 0 Å². The minimum Gasteiger partial charge on any atom is -0.299 e. The molecular weight excluding hydrogens is 208 g/mol. The van der Waals surface area contributed by atoms with Crippen LogP contribution in [0, 0.1) is 5.41 Å². The molecule has 0 radical (unpaired) electrons. The highest BCUT2D eigenvalue weighted by Gasteiger charge is 2.55. The second-order valence-corrected chi connectivity index (χ2v) is 8.37. The van der Waals surface area contributed by atoms with Crippen LogP contribution in [0.5, 0.6) is 0 Å². The van der Waals surface area contributed by atoms with Crippen molar-refractivity contribution in [2.45, 2.75) is 71.5 Å². The standard InChI is InChI=1S/C15H30N2/c1-13(2,3)16(7)12-8-15(9-12)10-17(11-15)14(4,5)6/h12H,8-11H2,1-7H3. The first kappa shape index (κ1) is 13.4. The fraction of sp³-hybridized carbons (Fsp3) is 1.00. The summed E-state index contributed by atoms with van der Waals surface area (Å²) in [6, 6.07) is 0.817. The first-order valence-electron chi connectivity index (χ1n) is 7.02. The maximum absolute atomic E-state index is 2.63. The first-order chi connectivity index (χ1) is 7.54. The molecule has 1 saturated carbocycles. The molecule has 0 aromatic rings. The summed E-state index contributed by atoms with van der Waals surface area (Å²) in [5, 5.41) is 0. The van der Waals surface area contributed by atoms with Gasteiger partial charge in [-0.05, 0) is 66.8 Å². The van der Waals surface area contributed by atoms with E-state index in [9.17, 15) is 0 Å². The van der Waals surface area contributed by atoms with Crippen LogP contribution in [0.25, 0.3) is 0 Å². The van der Waals surface area contributed by atoms with Crippen molar-refractivity contribution in [2.75, 3.05) is 20.1 Å². The van der Waals surface area contributed by atoms with Gasteiger partial charge in [-0.1, -0.05) is 0 Å². The lowest BCUT2D eigenvalue weighted by atomic mass is 9.59. The molecule has 0 unspecified atom stereocenters. The zero-order valence-corrected chi connectivity index (χ0v) is 12.8. The van der Waals surface area contributed by atoms with Gasteiger partial charge >= 0.3 is 0 Å². The van der Waals surface area contributed by atoms with Crippen molar-refractivity contribution in [1.82, 2.24) is 9.80 Å². The fourth-order valence-corrected chi connectivity index (χ4v) is 3.26. The minimum atomic E-state index is 0.319. The Labute approximate surface area is 107 Å². The molecule has 0 N–H and O–H groups in total. The monoisotopic (exact) mass is 238 g/mol. The van der Waals surface area contributed by atoms with Crippen LogP contribution in [0.4, 0.5) is 0 Å². The molecule has 2 nitrogen and oxygen atoms in total. The summed E-state index contributed by atoms with van der Waals surface area (Å²) < 4.78 is 0. The van der Waals surface area contributed by atoms with E-state index in [-0.39, 0.29) is 0 Å². The van der Waals surface area contributed by atoms with Gasteiger partial charge in [0.25, 0.3) is 0 Å². The second-order valence-electron chi connectivity index (χ2n) is 8.37. The molecule has 0 aromatic heterocycles. The first-order valence-corrected chi connectivity index (χ1v) is 7.02. The number of hydrogen-bond donors (Lipinski definition) is 0.